The van der Waals surface area contributed by atoms with Crippen molar-refractivity contribution in [3.63, 3.8) is 0 Å². The van der Waals surface area contributed by atoms with Gasteiger partial charge in [0.15, 0.2) is 0 Å². The minimum atomic E-state index is 0.218. The summed E-state index contributed by atoms with van der Waals surface area (Å²) >= 11 is 3.32. The van der Waals surface area contributed by atoms with Gasteiger partial charge in [-0.1, -0.05) is 6.07 Å². The predicted octanol–water partition coefficient (Wildman–Crippen LogP) is 1.92. The summed E-state index contributed by atoms with van der Waals surface area (Å²) in [5, 5.41) is 8.49. The van der Waals surface area contributed by atoms with Gasteiger partial charge in [-0.05, 0) is 17.9 Å². The van der Waals surface area contributed by atoms with Crippen molar-refractivity contribution in [3.8, 4) is 9.88 Å². The Labute approximate surface area is 150 Å². The van der Waals surface area contributed by atoms with E-state index < -0.39 is 0 Å². The van der Waals surface area contributed by atoms with Gasteiger partial charge >= 0.3 is 0 Å². The van der Waals surface area contributed by atoms with Gasteiger partial charge in [-0.2, -0.15) is 0 Å². The number of carbonyl (C=O) groups excluding carboxylic acids is 1. The molecule has 1 amide bonds. The molecule has 0 radical (unpaired) electrons. The van der Waals surface area contributed by atoms with E-state index >= 15 is 0 Å². The third kappa shape index (κ3) is 3.54. The van der Waals surface area contributed by atoms with E-state index in [9.17, 15) is 4.79 Å². The van der Waals surface area contributed by atoms with Crippen molar-refractivity contribution in [2.24, 2.45) is 0 Å². The number of amides is 1. The van der Waals surface area contributed by atoms with Crippen LogP contribution in [0.4, 0.5) is 0 Å². The second kappa shape index (κ2) is 7.31. The van der Waals surface area contributed by atoms with Gasteiger partial charge in [0.25, 0.3) is 0 Å². The fourth-order valence-corrected chi connectivity index (χ4v) is 5.12. The number of piperazine rings is 1. The monoisotopic (exact) mass is 362 g/mol. The summed E-state index contributed by atoms with van der Waals surface area (Å²) in [4.78, 5) is 23.0. The normalized spacial score (nSPS) is 22.2. The van der Waals surface area contributed by atoms with Crippen LogP contribution < -0.4 is 5.32 Å². The molecule has 0 aromatic carbocycles. The van der Waals surface area contributed by atoms with Crippen LogP contribution in [-0.4, -0.2) is 66.0 Å². The van der Waals surface area contributed by atoms with E-state index in [0.29, 0.717) is 12.5 Å². The number of thiophene rings is 1. The molecule has 0 saturated carbocycles. The summed E-state index contributed by atoms with van der Waals surface area (Å²) in [6, 6.07) is 4.65. The van der Waals surface area contributed by atoms with Gasteiger partial charge in [0, 0.05) is 50.7 Å². The first-order valence-electron chi connectivity index (χ1n) is 8.50. The zero-order valence-electron chi connectivity index (χ0n) is 13.6. The van der Waals surface area contributed by atoms with Gasteiger partial charge in [-0.15, -0.1) is 22.7 Å². The maximum atomic E-state index is 12.6. The predicted molar refractivity (Wildman–Crippen MR) is 98.6 cm³/mol. The number of hydrogen-bond donors (Lipinski definition) is 1. The number of thiazole rings is 1. The van der Waals surface area contributed by atoms with E-state index in [1.54, 1.807) is 22.7 Å². The van der Waals surface area contributed by atoms with E-state index in [0.717, 1.165) is 56.4 Å². The molecular formula is C17H22N4OS2. The largest absolute Gasteiger partial charge is 0.341 e. The Bertz CT molecular complexity index is 679. The van der Waals surface area contributed by atoms with Crippen LogP contribution >= 0.6 is 22.7 Å². The van der Waals surface area contributed by atoms with Crippen molar-refractivity contribution in [1.29, 1.82) is 0 Å². The molecule has 2 aliphatic rings. The van der Waals surface area contributed by atoms with Gasteiger partial charge in [0.2, 0.25) is 5.91 Å². The van der Waals surface area contributed by atoms with Crippen LogP contribution in [0.25, 0.3) is 9.88 Å². The fourth-order valence-electron chi connectivity index (χ4n) is 3.48. The lowest BCUT2D eigenvalue weighted by Crippen LogP contribution is -2.49. The lowest BCUT2D eigenvalue weighted by Gasteiger charge is -2.32. The minimum Gasteiger partial charge on any atom is -0.341 e. The van der Waals surface area contributed by atoms with Crippen LogP contribution in [0, 0.1) is 0 Å². The highest BCUT2D eigenvalue weighted by Crippen LogP contribution is 2.28. The van der Waals surface area contributed by atoms with Gasteiger partial charge in [-0.25, -0.2) is 4.98 Å². The van der Waals surface area contributed by atoms with Gasteiger partial charge in [-0.3, -0.25) is 9.69 Å². The molecule has 2 saturated heterocycles. The van der Waals surface area contributed by atoms with Crippen LogP contribution in [0.2, 0.25) is 0 Å². The van der Waals surface area contributed by atoms with Crippen molar-refractivity contribution in [2.45, 2.75) is 18.9 Å². The van der Waals surface area contributed by atoms with Crippen molar-refractivity contribution < 1.29 is 4.79 Å². The molecule has 0 aliphatic carbocycles. The van der Waals surface area contributed by atoms with Crippen LogP contribution in [0.5, 0.6) is 0 Å². The molecule has 2 aromatic rings. The second-order valence-corrected chi connectivity index (χ2v) is 8.17. The van der Waals surface area contributed by atoms with Crippen molar-refractivity contribution in [3.05, 3.63) is 28.6 Å². The first-order chi connectivity index (χ1) is 11.8. The van der Waals surface area contributed by atoms with E-state index in [1.165, 1.54) is 4.88 Å². The van der Waals surface area contributed by atoms with Gasteiger partial charge in [0.05, 0.1) is 17.0 Å². The number of rotatable bonds is 4. The smallest absolute Gasteiger partial charge is 0.228 e. The maximum absolute atomic E-state index is 12.6. The Morgan fingerprint density at radius 1 is 1.29 bits per heavy atom. The number of hydrogen-bond acceptors (Lipinski definition) is 6. The highest BCUT2D eigenvalue weighted by Gasteiger charge is 2.31. The molecule has 2 aromatic heterocycles. The van der Waals surface area contributed by atoms with E-state index in [1.807, 2.05) is 16.3 Å². The Hall–Kier alpha value is -1.28. The zero-order chi connectivity index (χ0) is 16.4. The van der Waals surface area contributed by atoms with E-state index in [4.69, 9.17) is 0 Å². The molecule has 1 unspecified atom stereocenters. The van der Waals surface area contributed by atoms with Crippen LogP contribution in [0.3, 0.4) is 0 Å². The Balaban J connectivity index is 1.33. The lowest BCUT2D eigenvalue weighted by molar-refractivity contribution is -0.129. The number of likely N-dealkylation sites (tertiary alicyclic amines) is 1. The Morgan fingerprint density at radius 3 is 2.96 bits per heavy atom. The van der Waals surface area contributed by atoms with Crippen molar-refractivity contribution >= 4 is 28.6 Å². The summed E-state index contributed by atoms with van der Waals surface area (Å²) in [6.45, 7) is 6.09. The second-order valence-electron chi connectivity index (χ2n) is 6.37. The van der Waals surface area contributed by atoms with Crippen LogP contribution in [-0.2, 0) is 11.2 Å². The number of carbonyl (C=O) groups is 1. The molecule has 1 atom stereocenters. The number of nitrogens with one attached hydrogen (secondary N) is 1. The molecule has 0 bridgehead atoms. The van der Waals surface area contributed by atoms with Crippen molar-refractivity contribution in [1.82, 2.24) is 20.1 Å². The number of nitrogens with zero attached hydrogens (tertiary/aromatic N) is 3. The summed E-state index contributed by atoms with van der Waals surface area (Å²) in [5.74, 6) is 0.218. The molecule has 2 fully saturated rings. The standard InChI is InChI=1S/C17H22N4OS2/c22-16(10-13-12-24-17(19-13)15-2-1-9-23-15)21-6-3-14(11-21)20-7-4-18-5-8-20/h1-2,9,12,14,18H,3-8,10-11H2. The van der Waals surface area contributed by atoms with Gasteiger partial charge in [0.1, 0.15) is 5.01 Å². The van der Waals surface area contributed by atoms with Crippen LogP contribution in [0.1, 0.15) is 12.1 Å². The summed E-state index contributed by atoms with van der Waals surface area (Å²) in [6.07, 6.45) is 1.53. The highest BCUT2D eigenvalue weighted by molar-refractivity contribution is 7.20. The Kier molecular flexibility index (Phi) is 4.93. The molecule has 4 rings (SSSR count). The molecular weight excluding hydrogens is 340 g/mol. The highest BCUT2D eigenvalue weighted by atomic mass is 32.1. The van der Waals surface area contributed by atoms with Gasteiger partial charge < -0.3 is 10.2 Å². The fraction of sp³-hybridized carbons (Fsp3) is 0.529. The molecule has 4 heterocycles. The van der Waals surface area contributed by atoms with E-state index in [-0.39, 0.29) is 5.91 Å². The van der Waals surface area contributed by atoms with Crippen LogP contribution in [0.15, 0.2) is 22.9 Å². The molecule has 5 nitrogen and oxygen atoms in total. The Morgan fingerprint density at radius 2 is 2.17 bits per heavy atom. The minimum absolute atomic E-state index is 0.218. The molecule has 2 aliphatic heterocycles. The third-order valence-corrected chi connectivity index (χ3v) is 6.73. The molecule has 128 valence electrons. The topological polar surface area (TPSA) is 48.5 Å². The molecule has 7 heteroatoms. The zero-order valence-corrected chi connectivity index (χ0v) is 15.2. The average Bonchev–Trinajstić information content (AvgIpc) is 3.36. The molecule has 0 spiro atoms. The summed E-state index contributed by atoms with van der Waals surface area (Å²) in [7, 11) is 0. The quantitative estimate of drug-likeness (QED) is 0.903. The number of aromatic nitrogens is 1. The van der Waals surface area contributed by atoms with Crippen molar-refractivity contribution in [2.75, 3.05) is 39.3 Å². The first-order valence-corrected chi connectivity index (χ1v) is 10.3. The lowest BCUT2D eigenvalue weighted by atomic mass is 10.2. The molecule has 24 heavy (non-hydrogen) atoms. The third-order valence-electron chi connectivity index (χ3n) is 4.80. The first kappa shape index (κ1) is 16.2. The summed E-state index contributed by atoms with van der Waals surface area (Å²) < 4.78 is 0. The summed E-state index contributed by atoms with van der Waals surface area (Å²) in [5.41, 5.74) is 0.902. The maximum Gasteiger partial charge on any atom is 0.228 e. The average molecular weight is 363 g/mol. The molecule has 1 N–H and O–H groups in total. The van der Waals surface area contributed by atoms with E-state index in [2.05, 4.69) is 26.6 Å². The SMILES string of the molecule is O=C(Cc1csc(-c2cccs2)n1)N1CCC(N2CCNCC2)C1.